The first-order valence-electron chi connectivity index (χ1n) is 6.15. The standard InChI is InChI=1S/C15H15N3O/c1-10-7-8-13(19-10)15(18-16)12-6-2-4-11-5-3-9-17-14(11)12/h2-9,15,18H,16H2,1H3. The highest BCUT2D eigenvalue weighted by molar-refractivity contribution is 5.82. The summed E-state index contributed by atoms with van der Waals surface area (Å²) < 4.78 is 5.67. The van der Waals surface area contributed by atoms with Crippen LogP contribution in [0.1, 0.15) is 23.1 Å². The second-order valence-electron chi connectivity index (χ2n) is 4.47. The van der Waals surface area contributed by atoms with Gasteiger partial charge in [-0.3, -0.25) is 10.8 Å². The predicted molar refractivity (Wildman–Crippen MR) is 74.4 cm³/mol. The molecule has 0 aliphatic rings. The minimum absolute atomic E-state index is 0.202. The van der Waals surface area contributed by atoms with Crippen LogP contribution in [0.15, 0.2) is 53.1 Å². The van der Waals surface area contributed by atoms with E-state index in [-0.39, 0.29) is 6.04 Å². The number of hydrogen-bond acceptors (Lipinski definition) is 4. The predicted octanol–water partition coefficient (Wildman–Crippen LogP) is 2.69. The molecular weight excluding hydrogens is 238 g/mol. The van der Waals surface area contributed by atoms with Crippen LogP contribution in [-0.2, 0) is 0 Å². The summed E-state index contributed by atoms with van der Waals surface area (Å²) in [6.07, 6.45) is 1.78. The van der Waals surface area contributed by atoms with Gasteiger partial charge in [0.1, 0.15) is 17.6 Å². The van der Waals surface area contributed by atoms with Gasteiger partial charge in [-0.1, -0.05) is 24.3 Å². The minimum atomic E-state index is -0.202. The van der Waals surface area contributed by atoms with Crippen molar-refractivity contribution >= 4 is 10.9 Å². The van der Waals surface area contributed by atoms with Gasteiger partial charge in [0, 0.05) is 17.1 Å². The van der Waals surface area contributed by atoms with Gasteiger partial charge in [0.25, 0.3) is 0 Å². The number of aromatic nitrogens is 1. The Balaban J connectivity index is 2.16. The van der Waals surface area contributed by atoms with Crippen LogP contribution in [-0.4, -0.2) is 4.98 Å². The summed E-state index contributed by atoms with van der Waals surface area (Å²) >= 11 is 0. The fraction of sp³-hybridized carbons (Fsp3) is 0.133. The van der Waals surface area contributed by atoms with Crippen molar-refractivity contribution in [2.24, 2.45) is 5.84 Å². The Hall–Kier alpha value is -2.17. The van der Waals surface area contributed by atoms with Crippen LogP contribution in [0.3, 0.4) is 0 Å². The van der Waals surface area contributed by atoms with Gasteiger partial charge >= 0.3 is 0 Å². The fourth-order valence-electron chi connectivity index (χ4n) is 2.29. The first-order valence-corrected chi connectivity index (χ1v) is 6.15. The van der Waals surface area contributed by atoms with Crippen molar-refractivity contribution in [3.8, 4) is 0 Å². The molecule has 1 unspecified atom stereocenters. The van der Waals surface area contributed by atoms with Gasteiger partial charge in [0.15, 0.2) is 0 Å². The van der Waals surface area contributed by atoms with E-state index in [0.717, 1.165) is 28.0 Å². The number of nitrogens with two attached hydrogens (primary N) is 1. The SMILES string of the molecule is Cc1ccc(C(NN)c2cccc3cccnc23)o1. The molecule has 19 heavy (non-hydrogen) atoms. The normalized spacial score (nSPS) is 12.7. The van der Waals surface area contributed by atoms with Gasteiger partial charge in [-0.05, 0) is 25.1 Å². The monoisotopic (exact) mass is 253 g/mol. The molecule has 96 valence electrons. The molecule has 0 aliphatic heterocycles. The fourth-order valence-corrected chi connectivity index (χ4v) is 2.29. The number of benzene rings is 1. The molecule has 4 nitrogen and oxygen atoms in total. The summed E-state index contributed by atoms with van der Waals surface area (Å²) in [6.45, 7) is 1.92. The maximum absolute atomic E-state index is 5.70. The second kappa shape index (κ2) is 4.84. The van der Waals surface area contributed by atoms with Crippen molar-refractivity contribution in [3.63, 3.8) is 0 Å². The van der Waals surface area contributed by atoms with Crippen LogP contribution in [0.2, 0.25) is 0 Å². The first-order chi connectivity index (χ1) is 9.29. The molecular formula is C15H15N3O. The van der Waals surface area contributed by atoms with Gasteiger partial charge in [0.2, 0.25) is 0 Å². The Labute approximate surface area is 111 Å². The summed E-state index contributed by atoms with van der Waals surface area (Å²) in [5.74, 6) is 7.35. The van der Waals surface area contributed by atoms with Crippen LogP contribution < -0.4 is 11.3 Å². The van der Waals surface area contributed by atoms with Crippen molar-refractivity contribution in [3.05, 3.63) is 65.7 Å². The van der Waals surface area contributed by atoms with Gasteiger partial charge in [-0.2, -0.15) is 0 Å². The highest BCUT2D eigenvalue weighted by Gasteiger charge is 2.18. The number of hydrogen-bond donors (Lipinski definition) is 2. The van der Waals surface area contributed by atoms with E-state index in [0.29, 0.717) is 0 Å². The van der Waals surface area contributed by atoms with Crippen LogP contribution in [0.25, 0.3) is 10.9 Å². The number of furan rings is 1. The quantitative estimate of drug-likeness (QED) is 0.556. The Morgan fingerprint density at radius 3 is 2.74 bits per heavy atom. The lowest BCUT2D eigenvalue weighted by molar-refractivity contribution is 0.435. The largest absolute Gasteiger partial charge is 0.464 e. The van der Waals surface area contributed by atoms with Crippen molar-refractivity contribution in [1.29, 1.82) is 0 Å². The maximum atomic E-state index is 5.70. The molecule has 3 rings (SSSR count). The highest BCUT2D eigenvalue weighted by atomic mass is 16.3. The lowest BCUT2D eigenvalue weighted by Gasteiger charge is -2.15. The van der Waals surface area contributed by atoms with Crippen LogP contribution in [0.4, 0.5) is 0 Å². The maximum Gasteiger partial charge on any atom is 0.126 e. The molecule has 0 bridgehead atoms. The molecule has 0 spiro atoms. The van der Waals surface area contributed by atoms with E-state index in [2.05, 4.69) is 10.4 Å². The van der Waals surface area contributed by atoms with Gasteiger partial charge in [0.05, 0.1) is 5.52 Å². The smallest absolute Gasteiger partial charge is 0.126 e. The summed E-state index contributed by atoms with van der Waals surface area (Å²) in [5.41, 5.74) is 4.75. The number of pyridine rings is 1. The molecule has 1 aromatic carbocycles. The third-order valence-corrected chi connectivity index (χ3v) is 3.19. The zero-order valence-electron chi connectivity index (χ0n) is 10.6. The number of hydrazine groups is 1. The molecule has 4 heteroatoms. The third-order valence-electron chi connectivity index (χ3n) is 3.19. The highest BCUT2D eigenvalue weighted by Crippen LogP contribution is 2.28. The van der Waals surface area contributed by atoms with Gasteiger partial charge in [-0.15, -0.1) is 0 Å². The number of nitrogens with zero attached hydrogens (tertiary/aromatic N) is 1. The van der Waals surface area contributed by atoms with Crippen molar-refractivity contribution in [2.45, 2.75) is 13.0 Å². The Morgan fingerprint density at radius 1 is 1.16 bits per heavy atom. The average molecular weight is 253 g/mol. The lowest BCUT2D eigenvalue weighted by atomic mass is 10.0. The first kappa shape index (κ1) is 11.9. The van der Waals surface area contributed by atoms with E-state index in [4.69, 9.17) is 10.3 Å². The average Bonchev–Trinajstić information content (AvgIpc) is 2.86. The van der Waals surface area contributed by atoms with E-state index in [1.165, 1.54) is 0 Å². The molecule has 2 heterocycles. The van der Waals surface area contributed by atoms with Gasteiger partial charge in [-0.25, -0.2) is 5.43 Å². The van der Waals surface area contributed by atoms with E-state index < -0.39 is 0 Å². The van der Waals surface area contributed by atoms with Crippen LogP contribution in [0, 0.1) is 6.92 Å². The van der Waals surface area contributed by atoms with E-state index in [9.17, 15) is 0 Å². The Kier molecular flexibility index (Phi) is 3.03. The third kappa shape index (κ3) is 2.12. The lowest BCUT2D eigenvalue weighted by Crippen LogP contribution is -2.28. The molecule has 0 saturated carbocycles. The molecule has 2 aromatic heterocycles. The summed E-state index contributed by atoms with van der Waals surface area (Å²) in [6, 6.07) is 13.7. The van der Waals surface area contributed by atoms with Crippen molar-refractivity contribution in [2.75, 3.05) is 0 Å². The van der Waals surface area contributed by atoms with E-state index in [1.807, 2.05) is 49.4 Å². The summed E-state index contributed by atoms with van der Waals surface area (Å²) in [5, 5.41) is 1.09. The molecule has 1 atom stereocenters. The molecule has 3 N–H and O–H groups in total. The molecule has 0 saturated heterocycles. The zero-order valence-corrected chi connectivity index (χ0v) is 10.6. The van der Waals surface area contributed by atoms with E-state index >= 15 is 0 Å². The van der Waals surface area contributed by atoms with Crippen molar-refractivity contribution in [1.82, 2.24) is 10.4 Å². The Bertz CT molecular complexity index is 700. The molecule has 0 amide bonds. The number of aryl methyl sites for hydroxylation is 1. The van der Waals surface area contributed by atoms with E-state index in [1.54, 1.807) is 6.20 Å². The summed E-state index contributed by atoms with van der Waals surface area (Å²) in [7, 11) is 0. The summed E-state index contributed by atoms with van der Waals surface area (Å²) in [4.78, 5) is 4.45. The number of rotatable bonds is 3. The molecule has 0 radical (unpaired) electrons. The minimum Gasteiger partial charge on any atom is -0.464 e. The van der Waals surface area contributed by atoms with Crippen LogP contribution >= 0.6 is 0 Å². The molecule has 0 aliphatic carbocycles. The zero-order chi connectivity index (χ0) is 13.2. The van der Waals surface area contributed by atoms with Crippen LogP contribution in [0.5, 0.6) is 0 Å². The topological polar surface area (TPSA) is 64.1 Å². The number of nitrogens with one attached hydrogen (secondary N) is 1. The number of fused-ring (bicyclic) bond motifs is 1. The van der Waals surface area contributed by atoms with Gasteiger partial charge < -0.3 is 4.42 Å². The molecule has 0 fully saturated rings. The number of para-hydroxylation sites is 1. The molecule has 3 aromatic rings. The Morgan fingerprint density at radius 2 is 2.00 bits per heavy atom. The second-order valence-corrected chi connectivity index (χ2v) is 4.47. The van der Waals surface area contributed by atoms with Crippen molar-refractivity contribution < 1.29 is 4.42 Å².